The van der Waals surface area contributed by atoms with Crippen LogP contribution in [0.25, 0.3) is 11.0 Å². The van der Waals surface area contributed by atoms with E-state index in [4.69, 9.17) is 9.94 Å². The Labute approximate surface area is 224 Å². The third-order valence-corrected chi connectivity index (χ3v) is 10.5. The van der Waals surface area contributed by atoms with Gasteiger partial charge in [-0.05, 0) is 93.7 Å². The molecular formula is C30H40N4O4. The summed E-state index contributed by atoms with van der Waals surface area (Å²) in [5.41, 5.74) is 2.47. The van der Waals surface area contributed by atoms with Gasteiger partial charge in [-0.2, -0.15) is 0 Å². The predicted molar refractivity (Wildman–Crippen MR) is 146 cm³/mol. The zero-order chi connectivity index (χ0) is 26.6. The van der Waals surface area contributed by atoms with Crippen molar-refractivity contribution < 1.29 is 14.7 Å². The van der Waals surface area contributed by atoms with Crippen LogP contribution in [0.3, 0.4) is 0 Å². The Balaban J connectivity index is 1.29. The van der Waals surface area contributed by atoms with Gasteiger partial charge in [-0.15, -0.1) is 0 Å². The van der Waals surface area contributed by atoms with E-state index >= 15 is 0 Å². The van der Waals surface area contributed by atoms with Gasteiger partial charge in [0, 0.05) is 12.1 Å². The third kappa shape index (κ3) is 4.25. The normalized spacial score (nSPS) is 32.2. The predicted octanol–water partition coefficient (Wildman–Crippen LogP) is 4.85. The van der Waals surface area contributed by atoms with Crippen LogP contribution >= 0.6 is 0 Å². The van der Waals surface area contributed by atoms with E-state index in [2.05, 4.69) is 28.9 Å². The highest BCUT2D eigenvalue weighted by atomic mass is 16.6. The van der Waals surface area contributed by atoms with E-state index in [1.54, 1.807) is 6.92 Å². The van der Waals surface area contributed by atoms with Crippen molar-refractivity contribution in [3.05, 3.63) is 40.3 Å². The molecule has 8 heteroatoms. The SMILES string of the molecule is C/C(=N\OCC(=O)O)c1nc2ccccc2n([C@@H]2C[C@@H]3CCC[C@H]2N3CC[C@@H]2CC[C@H]3C[C@@H]2C3(C)C)c1=O. The van der Waals surface area contributed by atoms with Crippen molar-refractivity contribution in [2.24, 2.45) is 28.3 Å². The summed E-state index contributed by atoms with van der Waals surface area (Å²) in [5.74, 6) is 1.52. The second-order valence-electron chi connectivity index (χ2n) is 12.6. The van der Waals surface area contributed by atoms with Gasteiger partial charge in [0.05, 0.1) is 17.1 Å². The average molecular weight is 521 g/mol. The monoisotopic (exact) mass is 520 g/mol. The summed E-state index contributed by atoms with van der Waals surface area (Å²) < 4.78 is 1.97. The second kappa shape index (κ2) is 9.78. The Kier molecular flexibility index (Phi) is 6.57. The Morgan fingerprint density at radius 3 is 2.74 bits per heavy atom. The number of oxime groups is 1. The van der Waals surface area contributed by atoms with Gasteiger partial charge in [0.15, 0.2) is 5.69 Å². The topological polar surface area (TPSA) is 97.0 Å². The summed E-state index contributed by atoms with van der Waals surface area (Å²) in [6.45, 7) is 7.19. The fraction of sp³-hybridized carbons (Fsp3) is 0.667. The molecule has 2 aromatic rings. The van der Waals surface area contributed by atoms with Crippen LogP contribution in [0.5, 0.6) is 0 Å². The molecule has 0 unspecified atom stereocenters. The minimum atomic E-state index is -1.11. The van der Waals surface area contributed by atoms with Crippen molar-refractivity contribution in [3.63, 3.8) is 0 Å². The molecule has 0 radical (unpaired) electrons. The van der Waals surface area contributed by atoms with E-state index in [9.17, 15) is 9.59 Å². The number of rotatable bonds is 8. The molecule has 1 aromatic heterocycles. The zero-order valence-corrected chi connectivity index (χ0v) is 22.8. The molecule has 3 aliphatic carbocycles. The number of hydrogen-bond donors (Lipinski definition) is 1. The van der Waals surface area contributed by atoms with Crippen LogP contribution in [-0.2, 0) is 9.63 Å². The van der Waals surface area contributed by atoms with Crippen molar-refractivity contribution >= 4 is 22.7 Å². The first kappa shape index (κ1) is 25.5. The molecule has 2 aliphatic heterocycles. The molecule has 3 heterocycles. The molecule has 1 N–H and O–H groups in total. The highest BCUT2D eigenvalue weighted by Crippen LogP contribution is 2.62. The lowest BCUT2D eigenvalue weighted by Crippen LogP contribution is -2.53. The van der Waals surface area contributed by atoms with Crippen molar-refractivity contribution in [1.82, 2.24) is 14.5 Å². The standard InChI is InChI=1S/C30H40N4O4/c1-18(32-38-17-27(35)36)28-29(37)34(24-9-5-4-8-23(24)31-28)26-16-21-7-6-10-25(26)33(21)14-13-19-11-12-20-15-22(19)30(20,2)3/h4-5,8-9,19-22,25-26H,6-7,10-17H2,1-3H3,(H,35,36)/b32-18+/t19-,20-,21-,22-,25+,26+/m0/s1. The van der Waals surface area contributed by atoms with Crippen LogP contribution in [0.15, 0.2) is 34.2 Å². The number of carboxylic acids is 1. The lowest BCUT2D eigenvalue weighted by molar-refractivity contribution is -0.142. The Morgan fingerprint density at radius 2 is 1.97 bits per heavy atom. The smallest absolute Gasteiger partial charge is 0.344 e. The van der Waals surface area contributed by atoms with Crippen LogP contribution < -0.4 is 5.56 Å². The van der Waals surface area contributed by atoms with E-state index in [-0.39, 0.29) is 17.3 Å². The summed E-state index contributed by atoms with van der Waals surface area (Å²) in [4.78, 5) is 37.1. The molecule has 38 heavy (non-hydrogen) atoms. The summed E-state index contributed by atoms with van der Waals surface area (Å²) in [5, 5.41) is 12.8. The van der Waals surface area contributed by atoms with Gasteiger partial charge in [0.25, 0.3) is 5.56 Å². The van der Waals surface area contributed by atoms with Crippen molar-refractivity contribution in [3.8, 4) is 0 Å². The van der Waals surface area contributed by atoms with Crippen LogP contribution in [0.2, 0.25) is 0 Å². The maximum Gasteiger partial charge on any atom is 0.344 e. The van der Waals surface area contributed by atoms with E-state index < -0.39 is 12.6 Å². The molecule has 0 spiro atoms. The van der Waals surface area contributed by atoms with Crippen molar-refractivity contribution in [2.75, 3.05) is 13.2 Å². The molecule has 8 nitrogen and oxygen atoms in total. The number of aromatic nitrogens is 2. The lowest BCUT2D eigenvalue weighted by Gasteiger charge is -2.60. The quantitative estimate of drug-likeness (QED) is 0.395. The van der Waals surface area contributed by atoms with Gasteiger partial charge >= 0.3 is 5.97 Å². The summed E-state index contributed by atoms with van der Waals surface area (Å²) >= 11 is 0. The van der Waals surface area contributed by atoms with Crippen LogP contribution in [0, 0.1) is 23.2 Å². The Hall–Kier alpha value is -2.74. The van der Waals surface area contributed by atoms with E-state index in [0.29, 0.717) is 23.2 Å². The summed E-state index contributed by atoms with van der Waals surface area (Å²) in [6, 6.07) is 8.76. The Bertz CT molecular complexity index is 1320. The third-order valence-electron chi connectivity index (χ3n) is 10.5. The number of carbonyl (C=O) groups is 1. The van der Waals surface area contributed by atoms with Crippen LogP contribution in [0.1, 0.15) is 83.9 Å². The van der Waals surface area contributed by atoms with Gasteiger partial charge in [0.2, 0.25) is 6.61 Å². The van der Waals surface area contributed by atoms with Crippen LogP contribution in [-0.4, -0.2) is 56.5 Å². The molecule has 1 aromatic carbocycles. The van der Waals surface area contributed by atoms with Crippen LogP contribution in [0.4, 0.5) is 0 Å². The van der Waals surface area contributed by atoms with Gasteiger partial charge in [-0.25, -0.2) is 9.78 Å². The van der Waals surface area contributed by atoms with Crippen molar-refractivity contribution in [1.29, 1.82) is 0 Å². The van der Waals surface area contributed by atoms with Gasteiger partial charge in [-0.1, -0.05) is 37.6 Å². The maximum atomic E-state index is 14.0. The number of nitrogens with zero attached hydrogens (tertiary/aromatic N) is 4. The number of aliphatic carboxylic acids is 1. The first-order valence-corrected chi connectivity index (χ1v) is 14.4. The highest BCUT2D eigenvalue weighted by molar-refractivity contribution is 5.97. The highest BCUT2D eigenvalue weighted by Gasteiger charge is 2.54. The molecule has 7 rings (SSSR count). The minimum Gasteiger partial charge on any atom is -0.479 e. The number of benzene rings is 1. The molecule has 0 amide bonds. The number of para-hydroxylation sites is 2. The fourth-order valence-corrected chi connectivity index (χ4v) is 8.46. The lowest BCUT2D eigenvalue weighted by atomic mass is 9.45. The molecule has 2 saturated heterocycles. The molecule has 4 bridgehead atoms. The first-order chi connectivity index (χ1) is 18.3. The van der Waals surface area contributed by atoms with Crippen molar-refractivity contribution in [2.45, 2.75) is 90.3 Å². The molecule has 5 aliphatic rings. The maximum absolute atomic E-state index is 14.0. The molecular weight excluding hydrogens is 480 g/mol. The summed E-state index contributed by atoms with van der Waals surface area (Å²) in [7, 11) is 0. The zero-order valence-electron chi connectivity index (χ0n) is 22.8. The molecule has 6 atom stereocenters. The number of fused-ring (bicyclic) bond motifs is 5. The molecule has 5 fully saturated rings. The summed E-state index contributed by atoms with van der Waals surface area (Å²) in [6.07, 6.45) is 9.95. The van der Waals surface area contributed by atoms with E-state index in [1.165, 1.54) is 38.5 Å². The van der Waals surface area contributed by atoms with E-state index in [1.807, 2.05) is 28.8 Å². The average Bonchev–Trinajstić information content (AvgIpc) is 3.08. The molecule has 204 valence electrons. The fourth-order valence-electron chi connectivity index (χ4n) is 8.46. The number of hydrogen-bond acceptors (Lipinski definition) is 6. The number of carboxylic acid groups (broad SMARTS) is 1. The number of piperidine rings is 1. The Morgan fingerprint density at radius 1 is 1.16 bits per heavy atom. The second-order valence-corrected chi connectivity index (χ2v) is 12.6. The minimum absolute atomic E-state index is 0.0882. The largest absolute Gasteiger partial charge is 0.479 e. The first-order valence-electron chi connectivity index (χ1n) is 14.4. The molecule has 3 saturated carbocycles. The van der Waals surface area contributed by atoms with Gasteiger partial charge in [-0.3, -0.25) is 9.69 Å². The van der Waals surface area contributed by atoms with Gasteiger partial charge in [0.1, 0.15) is 5.71 Å². The van der Waals surface area contributed by atoms with Gasteiger partial charge < -0.3 is 14.5 Å². The van der Waals surface area contributed by atoms with E-state index in [0.717, 1.165) is 48.2 Å².